The number of hydrogen-bond acceptors (Lipinski definition) is 3. The molecule has 0 aromatic rings. The molecule has 114 valence electrons. The van der Waals surface area contributed by atoms with E-state index in [1.165, 1.54) is 0 Å². The van der Waals surface area contributed by atoms with Crippen LogP contribution in [0.25, 0.3) is 0 Å². The highest BCUT2D eigenvalue weighted by Gasteiger charge is 2.41. The monoisotopic (exact) mass is 280 g/mol. The van der Waals surface area contributed by atoms with E-state index in [0.717, 1.165) is 25.7 Å². The van der Waals surface area contributed by atoms with Gasteiger partial charge in [-0.2, -0.15) is 5.26 Å². The Balaban J connectivity index is 2.74. The highest BCUT2D eigenvalue weighted by atomic mass is 16.3. The number of aliphatic hydroxyl groups excluding tert-OH is 1. The number of amides is 1. The Morgan fingerprint density at radius 2 is 1.85 bits per heavy atom. The van der Waals surface area contributed by atoms with E-state index in [1.54, 1.807) is 0 Å². The molecule has 1 aliphatic heterocycles. The van der Waals surface area contributed by atoms with Gasteiger partial charge in [0.1, 0.15) is 5.41 Å². The number of carbonyl (C=O) groups excluding carboxylic acids is 1. The number of piperidine rings is 1. The molecule has 4 heteroatoms. The lowest BCUT2D eigenvalue weighted by atomic mass is 9.78. The molecule has 0 spiro atoms. The van der Waals surface area contributed by atoms with Crippen molar-refractivity contribution in [1.29, 1.82) is 5.26 Å². The third kappa shape index (κ3) is 3.73. The van der Waals surface area contributed by atoms with Gasteiger partial charge in [0.05, 0.1) is 12.2 Å². The highest BCUT2D eigenvalue weighted by molar-refractivity contribution is 5.85. The molecule has 1 rings (SSSR count). The summed E-state index contributed by atoms with van der Waals surface area (Å²) in [7, 11) is 0. The van der Waals surface area contributed by atoms with Crippen LogP contribution in [0.3, 0.4) is 0 Å². The van der Waals surface area contributed by atoms with E-state index in [0.29, 0.717) is 25.9 Å². The van der Waals surface area contributed by atoms with Gasteiger partial charge in [-0.1, -0.05) is 26.7 Å². The zero-order valence-corrected chi connectivity index (χ0v) is 13.1. The summed E-state index contributed by atoms with van der Waals surface area (Å²) in [6.45, 7) is 7.20. The van der Waals surface area contributed by atoms with Gasteiger partial charge < -0.3 is 10.0 Å². The van der Waals surface area contributed by atoms with Crippen molar-refractivity contribution in [2.45, 2.75) is 65.4 Å². The molecule has 0 radical (unpaired) electrons. The van der Waals surface area contributed by atoms with Crippen molar-refractivity contribution in [1.82, 2.24) is 4.90 Å². The van der Waals surface area contributed by atoms with Crippen molar-refractivity contribution in [2.75, 3.05) is 13.1 Å². The van der Waals surface area contributed by atoms with Crippen LogP contribution in [-0.4, -0.2) is 35.1 Å². The van der Waals surface area contributed by atoms with Crippen molar-refractivity contribution in [2.24, 2.45) is 11.3 Å². The first-order chi connectivity index (χ1) is 9.50. The number of nitriles is 1. The Kier molecular flexibility index (Phi) is 6.48. The Morgan fingerprint density at radius 3 is 2.20 bits per heavy atom. The van der Waals surface area contributed by atoms with E-state index >= 15 is 0 Å². The second-order valence-corrected chi connectivity index (χ2v) is 6.06. The molecule has 0 aromatic heterocycles. The lowest BCUT2D eigenvalue weighted by Crippen LogP contribution is -2.47. The van der Waals surface area contributed by atoms with Crippen LogP contribution in [0.2, 0.25) is 0 Å². The maximum absolute atomic E-state index is 12.7. The number of nitrogens with zero attached hydrogens (tertiary/aromatic N) is 2. The quantitative estimate of drug-likeness (QED) is 0.813. The van der Waals surface area contributed by atoms with E-state index in [9.17, 15) is 15.2 Å². The Bertz CT molecular complexity index is 346. The van der Waals surface area contributed by atoms with Gasteiger partial charge in [0.15, 0.2) is 0 Å². The van der Waals surface area contributed by atoms with Crippen LogP contribution in [0.1, 0.15) is 59.3 Å². The average Bonchev–Trinajstić information content (AvgIpc) is 2.46. The average molecular weight is 280 g/mol. The van der Waals surface area contributed by atoms with E-state index in [1.807, 2.05) is 25.7 Å². The second kappa shape index (κ2) is 7.64. The van der Waals surface area contributed by atoms with Gasteiger partial charge >= 0.3 is 0 Å². The van der Waals surface area contributed by atoms with Gasteiger partial charge in [-0.05, 0) is 38.5 Å². The first-order valence-corrected chi connectivity index (χ1v) is 7.89. The molecule has 1 N–H and O–H groups in total. The Labute approximate surface area is 122 Å². The molecule has 1 fully saturated rings. The fourth-order valence-electron chi connectivity index (χ4n) is 3.24. The molecule has 1 unspecified atom stereocenters. The smallest absolute Gasteiger partial charge is 0.243 e. The molecule has 1 atom stereocenters. The van der Waals surface area contributed by atoms with Crippen molar-refractivity contribution < 1.29 is 9.90 Å². The number of aliphatic hydroxyl groups is 1. The zero-order chi connectivity index (χ0) is 15.2. The molecule has 0 bridgehead atoms. The Morgan fingerprint density at radius 1 is 1.35 bits per heavy atom. The van der Waals surface area contributed by atoms with Crippen molar-refractivity contribution >= 4 is 5.91 Å². The van der Waals surface area contributed by atoms with Crippen LogP contribution < -0.4 is 0 Å². The summed E-state index contributed by atoms with van der Waals surface area (Å²) in [6, 6.07) is 2.31. The number of rotatable bonds is 6. The molecule has 1 aliphatic rings. The van der Waals surface area contributed by atoms with Gasteiger partial charge in [0.25, 0.3) is 0 Å². The third-order valence-corrected chi connectivity index (χ3v) is 4.49. The Hall–Kier alpha value is -1.08. The van der Waals surface area contributed by atoms with Crippen LogP contribution in [0.15, 0.2) is 0 Å². The van der Waals surface area contributed by atoms with Crippen molar-refractivity contribution in [3.05, 3.63) is 0 Å². The summed E-state index contributed by atoms with van der Waals surface area (Å²) in [4.78, 5) is 14.6. The first kappa shape index (κ1) is 17.0. The van der Waals surface area contributed by atoms with E-state index < -0.39 is 5.41 Å². The number of carbonyl (C=O) groups is 1. The van der Waals surface area contributed by atoms with Crippen LogP contribution in [-0.2, 0) is 4.79 Å². The highest BCUT2D eigenvalue weighted by Crippen LogP contribution is 2.33. The lowest BCUT2D eigenvalue weighted by Gasteiger charge is -2.37. The zero-order valence-electron chi connectivity index (χ0n) is 13.1. The van der Waals surface area contributed by atoms with Gasteiger partial charge in [-0.15, -0.1) is 0 Å². The van der Waals surface area contributed by atoms with Crippen LogP contribution in [0.4, 0.5) is 0 Å². The number of likely N-dealkylation sites (tertiary alicyclic amines) is 1. The summed E-state index contributed by atoms with van der Waals surface area (Å²) >= 11 is 0. The minimum Gasteiger partial charge on any atom is -0.393 e. The second-order valence-electron chi connectivity index (χ2n) is 6.06. The van der Waals surface area contributed by atoms with E-state index in [2.05, 4.69) is 6.07 Å². The van der Waals surface area contributed by atoms with Crippen LogP contribution >= 0.6 is 0 Å². The maximum atomic E-state index is 12.7. The molecule has 4 nitrogen and oxygen atoms in total. The van der Waals surface area contributed by atoms with Crippen LogP contribution in [0.5, 0.6) is 0 Å². The summed E-state index contributed by atoms with van der Waals surface area (Å²) in [5.74, 6) is 0.292. The predicted molar refractivity (Wildman–Crippen MR) is 78.8 cm³/mol. The van der Waals surface area contributed by atoms with Crippen molar-refractivity contribution in [3.63, 3.8) is 0 Å². The summed E-state index contributed by atoms with van der Waals surface area (Å²) < 4.78 is 0. The van der Waals surface area contributed by atoms with Gasteiger partial charge in [0, 0.05) is 13.1 Å². The van der Waals surface area contributed by atoms with Gasteiger partial charge in [-0.25, -0.2) is 0 Å². The van der Waals surface area contributed by atoms with E-state index in [4.69, 9.17) is 0 Å². The minimum absolute atomic E-state index is 0.00717. The number of hydrogen-bond donors (Lipinski definition) is 1. The normalized spacial score (nSPS) is 18.6. The first-order valence-electron chi connectivity index (χ1n) is 7.89. The van der Waals surface area contributed by atoms with Crippen molar-refractivity contribution in [3.8, 4) is 6.07 Å². The fourth-order valence-corrected chi connectivity index (χ4v) is 3.24. The van der Waals surface area contributed by atoms with Gasteiger partial charge in [0.2, 0.25) is 5.91 Å². The molecule has 1 heterocycles. The summed E-state index contributed by atoms with van der Waals surface area (Å²) in [5, 5.41) is 19.2. The summed E-state index contributed by atoms with van der Waals surface area (Å²) in [6.07, 6.45) is 4.36. The molecule has 0 aliphatic carbocycles. The molecular weight excluding hydrogens is 252 g/mol. The molecule has 1 saturated heterocycles. The molecular formula is C16H28N2O2. The van der Waals surface area contributed by atoms with Crippen LogP contribution in [0, 0.1) is 22.7 Å². The fraction of sp³-hybridized carbons (Fsp3) is 0.875. The lowest BCUT2D eigenvalue weighted by molar-refractivity contribution is -0.141. The molecule has 1 amide bonds. The standard InChI is InChI=1S/C16H28N2O2/c1-4-8-16(12-17,9-5-2)15(20)18-10-6-14(7-11-18)13(3)19/h13-14,19H,4-11H2,1-3H3. The SMILES string of the molecule is CCCC(C#N)(CCC)C(=O)N1CCC(C(C)O)CC1. The predicted octanol–water partition coefficient (Wildman–Crippen LogP) is 2.72. The third-order valence-electron chi connectivity index (χ3n) is 4.49. The molecule has 0 saturated carbocycles. The molecule has 0 aromatic carbocycles. The minimum atomic E-state index is -0.832. The summed E-state index contributed by atoms with van der Waals surface area (Å²) in [5.41, 5.74) is -0.832. The maximum Gasteiger partial charge on any atom is 0.243 e. The topological polar surface area (TPSA) is 64.3 Å². The largest absolute Gasteiger partial charge is 0.393 e. The molecule has 20 heavy (non-hydrogen) atoms. The van der Waals surface area contributed by atoms with Gasteiger partial charge in [-0.3, -0.25) is 4.79 Å². The van der Waals surface area contributed by atoms with E-state index in [-0.39, 0.29) is 17.9 Å².